The number of hydrogen-bond acceptors (Lipinski definition) is 4. The van der Waals surface area contributed by atoms with E-state index in [0.29, 0.717) is 0 Å². The number of fused-ring (bicyclic) bond motifs is 1. The van der Waals surface area contributed by atoms with Gasteiger partial charge in [0, 0.05) is 12.6 Å². The molecule has 0 unspecified atom stereocenters. The molecule has 2 aromatic carbocycles. The maximum Gasteiger partial charge on any atom is 0.332 e. The molecule has 0 aliphatic heterocycles. The van der Waals surface area contributed by atoms with Gasteiger partial charge in [0.1, 0.15) is 6.54 Å². The predicted molar refractivity (Wildman–Crippen MR) is 93.8 cm³/mol. The van der Waals surface area contributed by atoms with E-state index in [-0.39, 0.29) is 18.5 Å². The Morgan fingerprint density at radius 1 is 1.12 bits per heavy atom. The Labute approximate surface area is 145 Å². The maximum atomic E-state index is 12.2. The molecule has 0 bridgehead atoms. The van der Waals surface area contributed by atoms with Crippen molar-refractivity contribution in [1.82, 2.24) is 4.90 Å². The number of benzene rings is 2. The number of hydrogen-bond donors (Lipinski definition) is 1. The third kappa shape index (κ3) is 4.67. The highest BCUT2D eigenvalue weighted by molar-refractivity contribution is 6.01. The Morgan fingerprint density at radius 3 is 2.48 bits per heavy atom. The lowest BCUT2D eigenvalue weighted by atomic mass is 10.0. The fraction of sp³-hybridized carbons (Fsp3) is 0.211. The zero-order valence-electron chi connectivity index (χ0n) is 14.1. The summed E-state index contributed by atoms with van der Waals surface area (Å²) in [6.45, 7) is -0.226. The van der Waals surface area contributed by atoms with E-state index in [1.807, 2.05) is 36.4 Å². The number of rotatable bonds is 6. The quantitative estimate of drug-likeness (QED) is 0.644. The van der Waals surface area contributed by atoms with Gasteiger partial charge in [-0.05, 0) is 22.4 Å². The highest BCUT2D eigenvalue weighted by Gasteiger charge is 2.18. The van der Waals surface area contributed by atoms with Gasteiger partial charge < -0.3 is 14.7 Å². The van der Waals surface area contributed by atoms with Gasteiger partial charge in [-0.25, -0.2) is 4.79 Å². The molecule has 0 spiro atoms. The van der Waals surface area contributed by atoms with Gasteiger partial charge in [-0.1, -0.05) is 42.5 Å². The van der Waals surface area contributed by atoms with Crippen molar-refractivity contribution in [3.05, 3.63) is 53.6 Å². The van der Waals surface area contributed by atoms with Crippen molar-refractivity contribution in [2.75, 3.05) is 20.7 Å². The fourth-order valence-electron chi connectivity index (χ4n) is 2.40. The molecule has 0 aromatic heterocycles. The lowest BCUT2D eigenvalue weighted by Crippen LogP contribution is -2.33. The number of carboxylic acid groups (broad SMARTS) is 1. The Balaban J connectivity index is 2.28. The first-order chi connectivity index (χ1) is 11.9. The summed E-state index contributed by atoms with van der Waals surface area (Å²) < 4.78 is 4.50. The second-order valence-corrected chi connectivity index (χ2v) is 5.55. The summed E-state index contributed by atoms with van der Waals surface area (Å²) in [4.78, 5) is 36.1. The van der Waals surface area contributed by atoms with Crippen molar-refractivity contribution >= 4 is 34.7 Å². The topological polar surface area (TPSA) is 83.9 Å². The van der Waals surface area contributed by atoms with Crippen molar-refractivity contribution in [3.8, 4) is 0 Å². The molecule has 25 heavy (non-hydrogen) atoms. The fourth-order valence-corrected chi connectivity index (χ4v) is 2.40. The largest absolute Gasteiger partial charge is 0.478 e. The average Bonchev–Trinajstić information content (AvgIpc) is 2.60. The molecule has 0 saturated heterocycles. The zero-order chi connectivity index (χ0) is 18.4. The second kappa shape index (κ2) is 8.10. The van der Waals surface area contributed by atoms with Gasteiger partial charge >= 0.3 is 11.9 Å². The number of nitrogens with zero attached hydrogens (tertiary/aromatic N) is 1. The van der Waals surface area contributed by atoms with Gasteiger partial charge in [0.15, 0.2) is 0 Å². The molecular formula is C19H19NO5. The summed E-state index contributed by atoms with van der Waals surface area (Å²) in [7, 11) is 2.65. The summed E-state index contributed by atoms with van der Waals surface area (Å²) >= 11 is 0. The molecule has 0 aliphatic carbocycles. The van der Waals surface area contributed by atoms with Crippen LogP contribution in [-0.4, -0.2) is 48.6 Å². The third-order valence-corrected chi connectivity index (χ3v) is 3.79. The van der Waals surface area contributed by atoms with Crippen LogP contribution >= 0.6 is 0 Å². The van der Waals surface area contributed by atoms with E-state index in [1.165, 1.54) is 20.2 Å². The number of aliphatic carboxylic acids is 1. The number of methoxy groups -OCH3 is 1. The normalized spacial score (nSPS) is 11.2. The van der Waals surface area contributed by atoms with Crippen molar-refractivity contribution in [1.29, 1.82) is 0 Å². The first kappa shape index (κ1) is 18.2. The lowest BCUT2D eigenvalue weighted by molar-refractivity contribution is -0.146. The van der Waals surface area contributed by atoms with Crippen LogP contribution < -0.4 is 0 Å². The number of amides is 1. The minimum atomic E-state index is -1.17. The van der Waals surface area contributed by atoms with Crippen LogP contribution in [0.5, 0.6) is 0 Å². The molecule has 2 aromatic rings. The van der Waals surface area contributed by atoms with Crippen molar-refractivity contribution < 1.29 is 24.2 Å². The van der Waals surface area contributed by atoms with Crippen LogP contribution in [0.4, 0.5) is 0 Å². The molecule has 1 amide bonds. The van der Waals surface area contributed by atoms with E-state index in [1.54, 1.807) is 6.07 Å². The summed E-state index contributed by atoms with van der Waals surface area (Å²) in [5.41, 5.74) is 0.678. The number of ether oxygens (including phenoxy) is 1. The number of carboxylic acids is 1. The molecule has 0 atom stereocenters. The summed E-state index contributed by atoms with van der Waals surface area (Å²) in [6.07, 6.45) is 1.18. The highest BCUT2D eigenvalue weighted by atomic mass is 16.5. The number of carbonyl (C=O) groups excluding carboxylic acids is 2. The van der Waals surface area contributed by atoms with Crippen LogP contribution in [0.2, 0.25) is 0 Å². The molecule has 1 N–H and O–H groups in total. The number of carbonyl (C=O) groups is 3. The van der Waals surface area contributed by atoms with Gasteiger partial charge in [-0.2, -0.15) is 0 Å². The Morgan fingerprint density at radius 2 is 1.80 bits per heavy atom. The maximum absolute atomic E-state index is 12.2. The van der Waals surface area contributed by atoms with Gasteiger partial charge in [-0.15, -0.1) is 0 Å². The summed E-state index contributed by atoms with van der Waals surface area (Å²) in [6, 6.07) is 13.2. The SMILES string of the molecule is COC(=O)CN(C)C(=O)C/C(=C/c1cccc2ccccc12)C(=O)O. The average molecular weight is 341 g/mol. The van der Waals surface area contributed by atoms with E-state index in [0.717, 1.165) is 21.2 Å². The van der Waals surface area contributed by atoms with Crippen molar-refractivity contribution in [2.45, 2.75) is 6.42 Å². The minimum absolute atomic E-state index is 0.0435. The Bertz CT molecular complexity index is 835. The second-order valence-electron chi connectivity index (χ2n) is 5.55. The van der Waals surface area contributed by atoms with E-state index in [2.05, 4.69) is 4.74 Å². The van der Waals surface area contributed by atoms with E-state index >= 15 is 0 Å². The number of esters is 1. The molecule has 0 saturated carbocycles. The van der Waals surface area contributed by atoms with E-state index < -0.39 is 17.8 Å². The molecular weight excluding hydrogens is 322 g/mol. The molecule has 0 heterocycles. The van der Waals surface area contributed by atoms with Crippen LogP contribution in [0.25, 0.3) is 16.8 Å². The van der Waals surface area contributed by atoms with E-state index in [4.69, 9.17) is 0 Å². The standard InChI is InChI=1S/C19H19NO5/c1-20(12-18(22)25-2)17(21)11-15(19(23)24)10-14-8-5-7-13-6-3-4-9-16(13)14/h3-10H,11-12H2,1-2H3,(H,23,24)/b15-10-. The van der Waals surface area contributed by atoms with Gasteiger partial charge in [0.05, 0.1) is 13.5 Å². The minimum Gasteiger partial charge on any atom is -0.478 e. The third-order valence-electron chi connectivity index (χ3n) is 3.79. The first-order valence-electron chi connectivity index (χ1n) is 7.64. The molecule has 2 rings (SSSR count). The molecule has 6 heteroatoms. The molecule has 0 radical (unpaired) electrons. The smallest absolute Gasteiger partial charge is 0.332 e. The van der Waals surface area contributed by atoms with Gasteiger partial charge in [0.2, 0.25) is 5.91 Å². The Hall–Kier alpha value is -3.15. The molecule has 0 aliphatic rings. The zero-order valence-corrected chi connectivity index (χ0v) is 14.1. The molecule has 6 nitrogen and oxygen atoms in total. The Kier molecular flexibility index (Phi) is 5.89. The van der Waals surface area contributed by atoms with Crippen LogP contribution in [0.1, 0.15) is 12.0 Å². The number of likely N-dealkylation sites (N-methyl/N-ethyl adjacent to an activating group) is 1. The predicted octanol–water partition coefficient (Wildman–Crippen LogP) is 2.33. The lowest BCUT2D eigenvalue weighted by Gasteiger charge is -2.15. The van der Waals surface area contributed by atoms with E-state index in [9.17, 15) is 19.5 Å². The summed E-state index contributed by atoms with van der Waals surface area (Å²) in [5, 5.41) is 11.3. The van der Waals surface area contributed by atoms with Crippen LogP contribution in [-0.2, 0) is 19.1 Å². The highest BCUT2D eigenvalue weighted by Crippen LogP contribution is 2.22. The summed E-state index contributed by atoms with van der Waals surface area (Å²) in [5.74, 6) is -2.21. The first-order valence-corrected chi connectivity index (χ1v) is 7.64. The van der Waals surface area contributed by atoms with Gasteiger partial charge in [-0.3, -0.25) is 9.59 Å². The van der Waals surface area contributed by atoms with Crippen LogP contribution in [0.3, 0.4) is 0 Å². The molecule has 0 fully saturated rings. The van der Waals surface area contributed by atoms with Gasteiger partial charge in [0.25, 0.3) is 0 Å². The molecule has 130 valence electrons. The van der Waals surface area contributed by atoms with Crippen LogP contribution in [0.15, 0.2) is 48.0 Å². The monoisotopic (exact) mass is 341 g/mol. The van der Waals surface area contributed by atoms with Crippen molar-refractivity contribution in [3.63, 3.8) is 0 Å². The van der Waals surface area contributed by atoms with Crippen LogP contribution in [0, 0.1) is 0 Å². The van der Waals surface area contributed by atoms with Crippen molar-refractivity contribution in [2.24, 2.45) is 0 Å².